The van der Waals surface area contributed by atoms with E-state index in [9.17, 15) is 9.59 Å². The fraction of sp³-hybridized carbons (Fsp3) is 0.400. The van der Waals surface area contributed by atoms with Gasteiger partial charge in [0.05, 0.1) is 25.2 Å². The van der Waals surface area contributed by atoms with Gasteiger partial charge < -0.3 is 14.4 Å². The summed E-state index contributed by atoms with van der Waals surface area (Å²) in [5.74, 6) is 0.323. The first kappa shape index (κ1) is 26.8. The number of amides is 1. The molecule has 0 unspecified atom stereocenters. The molecule has 0 radical (unpaired) electrons. The molecule has 0 fully saturated rings. The number of hydrogen-bond acceptors (Lipinski definition) is 5. The number of halogens is 1. The topological polar surface area (TPSA) is 67.9 Å². The molecule has 0 aromatic heterocycles. The van der Waals surface area contributed by atoms with Crippen LogP contribution in [0, 0.1) is 5.92 Å². The van der Waals surface area contributed by atoms with E-state index in [2.05, 4.69) is 35.1 Å². The minimum absolute atomic E-state index is 0.164. The van der Waals surface area contributed by atoms with E-state index in [4.69, 9.17) is 21.7 Å². The number of ether oxygens (including phenoxy) is 2. The Morgan fingerprint density at radius 1 is 1.15 bits per heavy atom. The third-order valence-corrected chi connectivity index (χ3v) is 5.61. The number of esters is 1. The molecule has 0 aliphatic heterocycles. The molecule has 0 aliphatic carbocycles. The molecule has 1 amide bonds. The van der Waals surface area contributed by atoms with Gasteiger partial charge in [-0.2, -0.15) is 0 Å². The Morgan fingerprint density at radius 3 is 2.55 bits per heavy atom. The molecule has 0 atom stereocenters. The average molecular weight is 536 g/mol. The summed E-state index contributed by atoms with van der Waals surface area (Å²) in [6.07, 6.45) is 1.05. The molecule has 0 heterocycles. The third kappa shape index (κ3) is 9.52. The number of nitrogens with one attached hydrogen (secondary N) is 1. The van der Waals surface area contributed by atoms with Crippen molar-refractivity contribution in [2.24, 2.45) is 5.92 Å². The minimum Gasteiger partial charge on any atom is -0.493 e. The van der Waals surface area contributed by atoms with Crippen molar-refractivity contribution in [1.29, 1.82) is 0 Å². The summed E-state index contributed by atoms with van der Waals surface area (Å²) in [6, 6.07) is 15.0. The molecular formula is C25H31BrN2O4S. The predicted octanol–water partition coefficient (Wildman–Crippen LogP) is 5.34. The van der Waals surface area contributed by atoms with E-state index in [0.29, 0.717) is 43.5 Å². The molecule has 2 aromatic carbocycles. The Labute approximate surface area is 209 Å². The Bertz CT molecular complexity index is 937. The van der Waals surface area contributed by atoms with Crippen LogP contribution in [0.15, 0.2) is 53.0 Å². The van der Waals surface area contributed by atoms with Crippen molar-refractivity contribution in [3.8, 4) is 5.75 Å². The first-order valence-corrected chi connectivity index (χ1v) is 12.2. The summed E-state index contributed by atoms with van der Waals surface area (Å²) in [5, 5.41) is 3.04. The van der Waals surface area contributed by atoms with Crippen LogP contribution in [0.5, 0.6) is 5.75 Å². The molecule has 178 valence electrons. The lowest BCUT2D eigenvalue weighted by atomic mass is 10.1. The smallest absolute Gasteiger partial charge is 0.307 e. The molecule has 1 N–H and O–H groups in total. The van der Waals surface area contributed by atoms with Gasteiger partial charge in [0.1, 0.15) is 5.75 Å². The van der Waals surface area contributed by atoms with Gasteiger partial charge in [0.25, 0.3) is 5.91 Å². The quantitative estimate of drug-likeness (QED) is 0.309. The molecule has 2 rings (SSSR count). The third-order valence-electron chi connectivity index (χ3n) is 4.75. The molecule has 0 aliphatic rings. The molecule has 0 bridgehead atoms. The minimum atomic E-state index is -0.366. The number of nitrogens with zero attached hydrogens (tertiary/aromatic N) is 1. The van der Waals surface area contributed by atoms with Crippen LogP contribution in [-0.4, -0.2) is 41.6 Å². The van der Waals surface area contributed by atoms with Crippen molar-refractivity contribution < 1.29 is 19.1 Å². The van der Waals surface area contributed by atoms with Crippen LogP contribution < -0.4 is 10.1 Å². The molecular weight excluding hydrogens is 504 g/mol. The maximum absolute atomic E-state index is 13.1. The summed E-state index contributed by atoms with van der Waals surface area (Å²) in [7, 11) is 0. The van der Waals surface area contributed by atoms with E-state index < -0.39 is 0 Å². The number of benzene rings is 2. The molecule has 6 nitrogen and oxygen atoms in total. The van der Waals surface area contributed by atoms with Crippen LogP contribution in [0.3, 0.4) is 0 Å². The van der Waals surface area contributed by atoms with Crippen LogP contribution in [0.1, 0.15) is 49.5 Å². The van der Waals surface area contributed by atoms with Crippen molar-refractivity contribution in [2.45, 2.75) is 40.2 Å². The SMILES string of the molecule is CCOC(=O)CCN(Cc1ccccc1)C(=S)NC(=O)c1cc(Br)ccc1OCCC(C)C. The van der Waals surface area contributed by atoms with Crippen LogP contribution in [-0.2, 0) is 16.1 Å². The number of rotatable bonds is 11. The standard InChI is InChI=1S/C25H31BrN2O4S/c1-4-31-23(29)12-14-28(17-19-8-6-5-7-9-19)25(33)27-24(30)21-16-20(26)10-11-22(21)32-15-13-18(2)3/h5-11,16,18H,4,12-15,17H2,1-3H3,(H,27,30,33). The molecule has 0 spiro atoms. The summed E-state index contributed by atoms with van der Waals surface area (Å²) in [5.41, 5.74) is 1.40. The van der Waals surface area contributed by atoms with Gasteiger partial charge in [0, 0.05) is 17.6 Å². The summed E-state index contributed by atoms with van der Waals surface area (Å²) in [6.45, 7) is 7.62. The van der Waals surface area contributed by atoms with E-state index in [-0.39, 0.29) is 23.4 Å². The van der Waals surface area contributed by atoms with Crippen molar-refractivity contribution in [2.75, 3.05) is 19.8 Å². The largest absolute Gasteiger partial charge is 0.493 e. The van der Waals surface area contributed by atoms with Crippen molar-refractivity contribution >= 4 is 45.1 Å². The highest BCUT2D eigenvalue weighted by molar-refractivity contribution is 9.10. The predicted molar refractivity (Wildman–Crippen MR) is 137 cm³/mol. The Hall–Kier alpha value is -2.45. The van der Waals surface area contributed by atoms with Gasteiger partial charge in [-0.3, -0.25) is 14.9 Å². The normalized spacial score (nSPS) is 10.6. The summed E-state index contributed by atoms with van der Waals surface area (Å²) >= 11 is 8.98. The monoisotopic (exact) mass is 534 g/mol. The fourth-order valence-corrected chi connectivity index (χ4v) is 3.58. The summed E-state index contributed by atoms with van der Waals surface area (Å²) < 4.78 is 11.7. The van der Waals surface area contributed by atoms with Gasteiger partial charge in [-0.1, -0.05) is 60.1 Å². The number of hydrogen-bond donors (Lipinski definition) is 1. The first-order chi connectivity index (χ1) is 15.8. The van der Waals surface area contributed by atoms with Gasteiger partial charge in [-0.05, 0) is 55.2 Å². The maximum Gasteiger partial charge on any atom is 0.307 e. The summed E-state index contributed by atoms with van der Waals surface area (Å²) in [4.78, 5) is 26.8. The van der Waals surface area contributed by atoms with Crippen LogP contribution >= 0.6 is 28.1 Å². The highest BCUT2D eigenvalue weighted by Gasteiger charge is 2.19. The molecule has 2 aromatic rings. The fourth-order valence-electron chi connectivity index (χ4n) is 2.97. The molecule has 0 saturated carbocycles. The lowest BCUT2D eigenvalue weighted by Gasteiger charge is -2.25. The second-order valence-corrected chi connectivity index (χ2v) is 9.20. The number of thiocarbonyl (C=S) groups is 1. The molecule has 33 heavy (non-hydrogen) atoms. The van der Waals surface area contributed by atoms with E-state index in [1.165, 1.54) is 0 Å². The lowest BCUT2D eigenvalue weighted by Crippen LogP contribution is -2.43. The van der Waals surface area contributed by atoms with Gasteiger partial charge in [-0.15, -0.1) is 0 Å². The van der Waals surface area contributed by atoms with Gasteiger partial charge in [0.2, 0.25) is 0 Å². The second-order valence-electron chi connectivity index (χ2n) is 7.89. The maximum atomic E-state index is 13.1. The van der Waals surface area contributed by atoms with Crippen LogP contribution in [0.4, 0.5) is 0 Å². The number of carbonyl (C=O) groups is 2. The lowest BCUT2D eigenvalue weighted by molar-refractivity contribution is -0.143. The van der Waals surface area contributed by atoms with Gasteiger partial charge in [0.15, 0.2) is 5.11 Å². The zero-order valence-corrected chi connectivity index (χ0v) is 21.7. The zero-order chi connectivity index (χ0) is 24.2. The van der Waals surface area contributed by atoms with Gasteiger partial charge >= 0.3 is 5.97 Å². The van der Waals surface area contributed by atoms with Crippen LogP contribution in [0.25, 0.3) is 0 Å². The Kier molecular flexibility index (Phi) is 11.3. The van der Waals surface area contributed by atoms with Crippen molar-refractivity contribution in [3.05, 3.63) is 64.1 Å². The van der Waals surface area contributed by atoms with Crippen LogP contribution in [0.2, 0.25) is 0 Å². The first-order valence-electron chi connectivity index (χ1n) is 11.0. The van der Waals surface area contributed by atoms with E-state index >= 15 is 0 Å². The van der Waals surface area contributed by atoms with E-state index in [1.54, 1.807) is 24.0 Å². The van der Waals surface area contributed by atoms with Crippen molar-refractivity contribution in [1.82, 2.24) is 10.2 Å². The Balaban J connectivity index is 2.14. The average Bonchev–Trinajstić information content (AvgIpc) is 2.78. The van der Waals surface area contributed by atoms with E-state index in [1.807, 2.05) is 36.4 Å². The highest BCUT2D eigenvalue weighted by atomic mass is 79.9. The second kappa shape index (κ2) is 14.0. The molecule has 0 saturated heterocycles. The zero-order valence-electron chi connectivity index (χ0n) is 19.3. The van der Waals surface area contributed by atoms with Crippen molar-refractivity contribution in [3.63, 3.8) is 0 Å². The van der Waals surface area contributed by atoms with E-state index in [0.717, 1.165) is 16.5 Å². The molecule has 8 heteroatoms. The Morgan fingerprint density at radius 2 is 1.88 bits per heavy atom. The number of carbonyl (C=O) groups excluding carboxylic acids is 2. The highest BCUT2D eigenvalue weighted by Crippen LogP contribution is 2.24. The van der Waals surface area contributed by atoms with Gasteiger partial charge in [-0.25, -0.2) is 0 Å².